The van der Waals surface area contributed by atoms with E-state index in [9.17, 15) is 4.79 Å². The molecule has 1 aliphatic rings. The van der Waals surface area contributed by atoms with Crippen LogP contribution in [0.15, 0.2) is 0 Å². The van der Waals surface area contributed by atoms with Gasteiger partial charge in [0.15, 0.2) is 0 Å². The molecule has 18 heavy (non-hydrogen) atoms. The van der Waals surface area contributed by atoms with E-state index < -0.39 is 5.54 Å². The van der Waals surface area contributed by atoms with Gasteiger partial charge in [0.05, 0.1) is 13.2 Å². The Morgan fingerprint density at radius 3 is 3.00 bits per heavy atom. The molecule has 0 bridgehead atoms. The highest BCUT2D eigenvalue weighted by atomic mass is 16.5. The summed E-state index contributed by atoms with van der Waals surface area (Å²) in [6, 6.07) is 0. The third-order valence-corrected chi connectivity index (χ3v) is 3.36. The van der Waals surface area contributed by atoms with Crippen molar-refractivity contribution in [2.45, 2.75) is 44.8 Å². The average molecular weight is 258 g/mol. The minimum atomic E-state index is -0.872. The number of esters is 1. The number of nitrogens with zero attached hydrogens (tertiary/aromatic N) is 1. The molecule has 0 aromatic carbocycles. The first kappa shape index (κ1) is 15.4. The molecule has 1 fully saturated rings. The third-order valence-electron chi connectivity index (χ3n) is 3.36. The Balaban J connectivity index is 2.30. The summed E-state index contributed by atoms with van der Waals surface area (Å²) in [6.45, 7) is 7.64. The number of hydrogen-bond acceptors (Lipinski definition) is 5. The van der Waals surface area contributed by atoms with Crippen LogP contribution in [0, 0.1) is 0 Å². The van der Waals surface area contributed by atoms with Crippen molar-refractivity contribution in [3.8, 4) is 0 Å². The zero-order valence-electron chi connectivity index (χ0n) is 11.8. The number of methoxy groups -OCH3 is 1. The van der Waals surface area contributed by atoms with E-state index in [0.717, 1.165) is 39.1 Å². The molecule has 1 aliphatic heterocycles. The van der Waals surface area contributed by atoms with Crippen LogP contribution in [0.5, 0.6) is 0 Å². The molecule has 1 rings (SSSR count). The van der Waals surface area contributed by atoms with E-state index >= 15 is 0 Å². The molecule has 106 valence electrons. The van der Waals surface area contributed by atoms with E-state index in [1.165, 1.54) is 7.11 Å². The van der Waals surface area contributed by atoms with Gasteiger partial charge in [-0.1, -0.05) is 0 Å². The number of carbonyl (C=O) groups excluding carboxylic acids is 1. The second-order valence-corrected chi connectivity index (χ2v) is 5.35. The lowest BCUT2D eigenvalue weighted by atomic mass is 9.97. The van der Waals surface area contributed by atoms with E-state index in [1.54, 1.807) is 6.92 Å². The number of hydrogen-bond donors (Lipinski definition) is 1. The monoisotopic (exact) mass is 258 g/mol. The normalized spacial score (nSPS) is 25.2. The molecule has 1 saturated heterocycles. The van der Waals surface area contributed by atoms with Crippen LogP contribution in [0.1, 0.15) is 33.1 Å². The molecular weight excluding hydrogens is 232 g/mol. The van der Waals surface area contributed by atoms with E-state index in [-0.39, 0.29) is 12.1 Å². The summed E-state index contributed by atoms with van der Waals surface area (Å²) in [5, 5.41) is 0. The summed E-state index contributed by atoms with van der Waals surface area (Å²) in [6.07, 6.45) is 2.90. The first-order chi connectivity index (χ1) is 8.45. The molecule has 0 spiro atoms. The van der Waals surface area contributed by atoms with E-state index in [0.29, 0.717) is 6.42 Å². The van der Waals surface area contributed by atoms with Crippen LogP contribution >= 0.6 is 0 Å². The summed E-state index contributed by atoms with van der Waals surface area (Å²) < 4.78 is 10.3. The summed E-state index contributed by atoms with van der Waals surface area (Å²) >= 11 is 0. The van der Waals surface area contributed by atoms with Gasteiger partial charge in [0.1, 0.15) is 5.54 Å². The molecular formula is C13H26N2O3. The van der Waals surface area contributed by atoms with Gasteiger partial charge >= 0.3 is 5.97 Å². The Labute approximate surface area is 110 Å². The summed E-state index contributed by atoms with van der Waals surface area (Å²) in [5.74, 6) is -0.338. The summed E-state index contributed by atoms with van der Waals surface area (Å²) in [5.41, 5.74) is 5.05. The minimum Gasteiger partial charge on any atom is -0.468 e. The molecule has 0 aromatic rings. The molecule has 0 radical (unpaired) electrons. The number of carbonyl (C=O) groups is 1. The Morgan fingerprint density at radius 1 is 1.61 bits per heavy atom. The van der Waals surface area contributed by atoms with Gasteiger partial charge in [0.25, 0.3) is 0 Å². The van der Waals surface area contributed by atoms with Crippen molar-refractivity contribution < 1.29 is 14.3 Å². The Bertz CT molecular complexity index is 269. The van der Waals surface area contributed by atoms with Gasteiger partial charge in [-0.15, -0.1) is 0 Å². The maximum atomic E-state index is 11.4. The van der Waals surface area contributed by atoms with Crippen molar-refractivity contribution in [1.29, 1.82) is 0 Å². The fraction of sp³-hybridized carbons (Fsp3) is 0.923. The van der Waals surface area contributed by atoms with Crippen LogP contribution in [0.3, 0.4) is 0 Å². The standard InChI is InChI=1S/C13H26N2O3/c1-11-10-15(8-5-9-18-11)7-4-6-13(2,14)12(16)17-3/h11H,4-10,14H2,1-3H3. The van der Waals surface area contributed by atoms with Gasteiger partial charge < -0.3 is 20.1 Å². The van der Waals surface area contributed by atoms with E-state index in [4.69, 9.17) is 15.2 Å². The fourth-order valence-corrected chi connectivity index (χ4v) is 2.29. The lowest BCUT2D eigenvalue weighted by Gasteiger charge is -2.25. The third kappa shape index (κ3) is 4.92. The second-order valence-electron chi connectivity index (χ2n) is 5.35. The Hall–Kier alpha value is -0.650. The van der Waals surface area contributed by atoms with Crippen molar-refractivity contribution >= 4 is 5.97 Å². The maximum Gasteiger partial charge on any atom is 0.325 e. The van der Waals surface area contributed by atoms with Gasteiger partial charge in [-0.2, -0.15) is 0 Å². The van der Waals surface area contributed by atoms with E-state index in [2.05, 4.69) is 11.8 Å². The number of ether oxygens (including phenoxy) is 2. The largest absolute Gasteiger partial charge is 0.468 e. The quantitative estimate of drug-likeness (QED) is 0.738. The van der Waals surface area contributed by atoms with Gasteiger partial charge in [0, 0.05) is 19.7 Å². The predicted octanol–water partition coefficient (Wildman–Crippen LogP) is 0.768. The highest BCUT2D eigenvalue weighted by molar-refractivity contribution is 5.79. The van der Waals surface area contributed by atoms with Crippen LogP contribution in [0.4, 0.5) is 0 Å². The van der Waals surface area contributed by atoms with Gasteiger partial charge in [-0.3, -0.25) is 4.79 Å². The van der Waals surface area contributed by atoms with Gasteiger partial charge in [0.2, 0.25) is 0 Å². The average Bonchev–Trinajstić information content (AvgIpc) is 2.52. The Kier molecular flexibility index (Phi) is 6.05. The molecule has 0 aromatic heterocycles. The maximum absolute atomic E-state index is 11.4. The van der Waals surface area contributed by atoms with Crippen molar-refractivity contribution in [1.82, 2.24) is 4.90 Å². The predicted molar refractivity (Wildman–Crippen MR) is 70.3 cm³/mol. The smallest absolute Gasteiger partial charge is 0.325 e. The lowest BCUT2D eigenvalue weighted by molar-refractivity contribution is -0.146. The summed E-state index contributed by atoms with van der Waals surface area (Å²) in [4.78, 5) is 13.8. The highest BCUT2D eigenvalue weighted by Crippen LogP contribution is 2.13. The molecule has 0 saturated carbocycles. The van der Waals surface area contributed by atoms with Gasteiger partial charge in [-0.25, -0.2) is 0 Å². The molecule has 0 amide bonds. The molecule has 1 heterocycles. The van der Waals surface area contributed by atoms with Gasteiger partial charge in [-0.05, 0) is 39.7 Å². The molecule has 2 unspecified atom stereocenters. The van der Waals surface area contributed by atoms with Crippen molar-refractivity contribution in [3.63, 3.8) is 0 Å². The number of nitrogens with two attached hydrogens (primary N) is 1. The first-order valence-electron chi connectivity index (χ1n) is 6.67. The van der Waals surface area contributed by atoms with Crippen LogP contribution in [-0.4, -0.2) is 55.9 Å². The Morgan fingerprint density at radius 2 is 2.33 bits per heavy atom. The van der Waals surface area contributed by atoms with E-state index in [1.807, 2.05) is 0 Å². The molecule has 2 atom stereocenters. The highest BCUT2D eigenvalue weighted by Gasteiger charge is 2.29. The fourth-order valence-electron chi connectivity index (χ4n) is 2.29. The first-order valence-corrected chi connectivity index (χ1v) is 6.67. The SMILES string of the molecule is COC(=O)C(C)(N)CCCN1CCCOC(C)C1. The molecule has 0 aliphatic carbocycles. The van der Waals surface area contributed by atoms with Crippen LogP contribution < -0.4 is 5.73 Å². The van der Waals surface area contributed by atoms with Crippen LogP contribution in [-0.2, 0) is 14.3 Å². The number of rotatable bonds is 5. The summed E-state index contributed by atoms with van der Waals surface area (Å²) in [7, 11) is 1.38. The molecule has 2 N–H and O–H groups in total. The topological polar surface area (TPSA) is 64.8 Å². The second kappa shape index (κ2) is 7.07. The van der Waals surface area contributed by atoms with Crippen LogP contribution in [0.2, 0.25) is 0 Å². The zero-order valence-corrected chi connectivity index (χ0v) is 11.8. The molecule has 5 heteroatoms. The van der Waals surface area contributed by atoms with Crippen molar-refractivity contribution in [2.75, 3.05) is 33.4 Å². The van der Waals surface area contributed by atoms with Crippen LogP contribution in [0.25, 0.3) is 0 Å². The van der Waals surface area contributed by atoms with Crippen molar-refractivity contribution in [2.24, 2.45) is 5.73 Å². The van der Waals surface area contributed by atoms with Crippen molar-refractivity contribution in [3.05, 3.63) is 0 Å². The molecule has 5 nitrogen and oxygen atoms in total. The minimum absolute atomic E-state index is 0.289. The zero-order chi connectivity index (χ0) is 13.6. The lowest BCUT2D eigenvalue weighted by Crippen LogP contribution is -2.46.